The molecule has 0 saturated heterocycles. The molecule has 2 aliphatic heterocycles. The normalized spacial score (nSPS) is 18.5. The average molecular weight is 841 g/mol. The van der Waals surface area contributed by atoms with Gasteiger partial charge in [0.25, 0.3) is 6.71 Å². The van der Waals surface area contributed by atoms with Crippen LogP contribution in [0.3, 0.4) is 0 Å². The van der Waals surface area contributed by atoms with E-state index in [2.05, 4.69) is 209 Å². The number of benzene rings is 6. The molecule has 2 aliphatic carbocycles. The van der Waals surface area contributed by atoms with Crippen molar-refractivity contribution < 1.29 is 4.42 Å². The number of aryl methyl sites for hydroxylation is 2. The van der Waals surface area contributed by atoms with Crippen LogP contribution in [-0.2, 0) is 27.1 Å². The van der Waals surface area contributed by atoms with Crippen molar-refractivity contribution in [1.29, 1.82) is 0 Å². The van der Waals surface area contributed by atoms with Gasteiger partial charge >= 0.3 is 0 Å². The molecule has 3 nitrogen and oxygen atoms in total. The number of hydrogen-bond donors (Lipinski definition) is 0. The van der Waals surface area contributed by atoms with E-state index in [1.165, 1.54) is 94.8 Å². The zero-order valence-electron chi connectivity index (χ0n) is 40.6. The van der Waals surface area contributed by atoms with Gasteiger partial charge in [-0.15, -0.1) is 0 Å². The third kappa shape index (κ3) is 6.06. The van der Waals surface area contributed by atoms with Gasteiger partial charge in [-0.1, -0.05) is 142 Å². The van der Waals surface area contributed by atoms with Crippen molar-refractivity contribution in [3.05, 3.63) is 148 Å². The van der Waals surface area contributed by atoms with Crippen molar-refractivity contribution in [2.24, 2.45) is 0 Å². The molecule has 0 N–H and O–H groups in total. The first-order valence-corrected chi connectivity index (χ1v) is 24.0. The first-order chi connectivity index (χ1) is 30.1. The molecule has 0 amide bonds. The lowest BCUT2D eigenvalue weighted by Crippen LogP contribution is -2.61. The molecule has 0 spiro atoms. The summed E-state index contributed by atoms with van der Waals surface area (Å²) < 4.78 is 7.63. The van der Waals surface area contributed by atoms with E-state index in [9.17, 15) is 0 Å². The summed E-state index contributed by atoms with van der Waals surface area (Å²) in [4.78, 5) is 5.21. The zero-order valence-corrected chi connectivity index (χ0v) is 40.6. The fourth-order valence-corrected chi connectivity index (χ4v) is 12.1. The third-order valence-electron chi connectivity index (χ3n) is 16.3. The molecule has 11 rings (SSSR count). The van der Waals surface area contributed by atoms with E-state index in [4.69, 9.17) is 4.42 Å². The molecule has 4 heteroatoms. The summed E-state index contributed by atoms with van der Waals surface area (Å²) in [7, 11) is 0. The van der Waals surface area contributed by atoms with Gasteiger partial charge in [-0.25, -0.2) is 0 Å². The minimum Gasteiger partial charge on any atom is -0.468 e. The smallest absolute Gasteiger partial charge is 0.297 e. The van der Waals surface area contributed by atoms with Crippen LogP contribution in [0.4, 0.5) is 34.1 Å². The minimum atomic E-state index is -0.122. The summed E-state index contributed by atoms with van der Waals surface area (Å²) in [5.41, 5.74) is 24.2. The molecule has 0 fully saturated rings. The zero-order chi connectivity index (χ0) is 45.0. The molecule has 0 unspecified atom stereocenters. The first-order valence-electron chi connectivity index (χ1n) is 24.0. The molecule has 64 heavy (non-hydrogen) atoms. The summed E-state index contributed by atoms with van der Waals surface area (Å²) >= 11 is 0. The largest absolute Gasteiger partial charge is 0.468 e. The summed E-state index contributed by atoms with van der Waals surface area (Å²) in [5.74, 6) is 0. The Labute approximate surface area is 383 Å². The van der Waals surface area contributed by atoms with E-state index in [0.29, 0.717) is 0 Å². The lowest BCUT2D eigenvalue weighted by molar-refractivity contribution is 0.332. The number of nitrogens with zero attached hydrogens (tertiary/aromatic N) is 2. The van der Waals surface area contributed by atoms with Crippen LogP contribution in [0, 0.1) is 13.8 Å². The second-order valence-corrected chi connectivity index (χ2v) is 23.7. The number of anilines is 6. The maximum atomic E-state index is 7.63. The number of rotatable bonds is 3. The maximum Gasteiger partial charge on any atom is 0.297 e. The average Bonchev–Trinajstić information content (AvgIpc) is 3.62. The Morgan fingerprint density at radius 2 is 1.09 bits per heavy atom. The van der Waals surface area contributed by atoms with Gasteiger partial charge < -0.3 is 14.2 Å². The lowest BCUT2D eigenvalue weighted by Gasteiger charge is -2.47. The Morgan fingerprint density at radius 3 is 1.69 bits per heavy atom. The standard InChI is InChI=1S/C60H65BN2O/c1-36-19-24-48(37(2)29-36)63-49-34-45-44(58(8,9)26-27-59(45,10)11)33-47(49)61-53-50(30-39(31-51(53)63)38-17-15-14-16-18-38)62(41-22-20-40(21-23-41)56(3,4)5)54-42-32-43-46(35-52(42)64-55(54)61)60(12,13)28-25-57(43,6)7/h14-24,29-35H,25-28H2,1-13H3. The summed E-state index contributed by atoms with van der Waals surface area (Å²) in [5, 5.41) is 1.20. The SMILES string of the molecule is Cc1ccc(N2c3cc4c(cc3B3c5oc6cc7c(cc6c5N(c5ccc(C(C)(C)C)cc5)c5cc(-c6ccccc6)cc2c53)C(C)(C)CCC7(C)C)C(C)(C)CCC4(C)C)c(C)c1. The molecule has 0 atom stereocenters. The first kappa shape index (κ1) is 41.2. The second-order valence-electron chi connectivity index (χ2n) is 23.7. The van der Waals surface area contributed by atoms with Gasteiger partial charge in [0, 0.05) is 33.8 Å². The summed E-state index contributed by atoms with van der Waals surface area (Å²) in [6.45, 7) is 30.9. The van der Waals surface area contributed by atoms with Gasteiger partial charge in [0.1, 0.15) is 5.58 Å². The number of hydrogen-bond acceptors (Lipinski definition) is 3. The fourth-order valence-electron chi connectivity index (χ4n) is 12.1. The third-order valence-corrected chi connectivity index (χ3v) is 16.3. The molecule has 7 aromatic rings. The van der Waals surface area contributed by atoms with Gasteiger partial charge in [0.15, 0.2) is 0 Å². The van der Waals surface area contributed by atoms with Crippen LogP contribution in [0.15, 0.2) is 114 Å². The topological polar surface area (TPSA) is 19.6 Å². The Balaban J connectivity index is 1.31. The Kier molecular flexibility index (Phi) is 8.72. The second kappa shape index (κ2) is 13.5. The lowest BCUT2D eigenvalue weighted by atomic mass is 9.35. The molecular weight excluding hydrogens is 775 g/mol. The van der Waals surface area contributed by atoms with Crippen LogP contribution in [-0.4, -0.2) is 6.71 Å². The van der Waals surface area contributed by atoms with Crippen LogP contribution < -0.4 is 26.4 Å². The highest BCUT2D eigenvalue weighted by Crippen LogP contribution is 2.54. The number of furan rings is 1. The molecule has 324 valence electrons. The van der Waals surface area contributed by atoms with E-state index < -0.39 is 0 Å². The molecule has 4 aliphatic rings. The van der Waals surface area contributed by atoms with Crippen molar-refractivity contribution in [3.63, 3.8) is 0 Å². The Hall–Kier alpha value is -5.48. The monoisotopic (exact) mass is 841 g/mol. The molecule has 3 heterocycles. The molecule has 0 saturated carbocycles. The van der Waals surface area contributed by atoms with E-state index in [1.54, 1.807) is 0 Å². The van der Waals surface area contributed by atoms with E-state index in [1.807, 2.05) is 0 Å². The van der Waals surface area contributed by atoms with Crippen molar-refractivity contribution >= 4 is 68.4 Å². The van der Waals surface area contributed by atoms with Gasteiger partial charge in [-0.3, -0.25) is 0 Å². The van der Waals surface area contributed by atoms with Crippen molar-refractivity contribution in [2.75, 3.05) is 9.80 Å². The van der Waals surface area contributed by atoms with Crippen LogP contribution in [0.5, 0.6) is 0 Å². The quantitative estimate of drug-likeness (QED) is 0.165. The van der Waals surface area contributed by atoms with Crippen molar-refractivity contribution in [3.8, 4) is 11.1 Å². The molecule has 0 radical (unpaired) electrons. The van der Waals surface area contributed by atoms with Crippen molar-refractivity contribution in [2.45, 2.75) is 143 Å². The summed E-state index contributed by atoms with van der Waals surface area (Å²) in [6, 6.07) is 42.6. The molecule has 6 aromatic carbocycles. The molecular formula is C60H65BN2O. The Morgan fingerprint density at radius 1 is 0.531 bits per heavy atom. The van der Waals surface area contributed by atoms with Gasteiger partial charge in [-0.05, 0) is 171 Å². The highest BCUT2D eigenvalue weighted by Gasteiger charge is 2.50. The highest BCUT2D eigenvalue weighted by atomic mass is 16.3. The predicted octanol–water partition coefficient (Wildman–Crippen LogP) is 14.8. The van der Waals surface area contributed by atoms with E-state index in [0.717, 1.165) is 42.6 Å². The fraction of sp³-hybridized carbons (Fsp3) is 0.367. The predicted molar refractivity (Wildman–Crippen MR) is 274 cm³/mol. The minimum absolute atomic E-state index is 0.0282. The van der Waals surface area contributed by atoms with Crippen LogP contribution in [0.2, 0.25) is 0 Å². The van der Waals surface area contributed by atoms with Crippen molar-refractivity contribution in [1.82, 2.24) is 0 Å². The van der Waals surface area contributed by atoms with Crippen LogP contribution in [0.25, 0.3) is 22.1 Å². The van der Waals surface area contributed by atoms with Gasteiger partial charge in [-0.2, -0.15) is 0 Å². The van der Waals surface area contributed by atoms with Gasteiger partial charge in [0.05, 0.1) is 11.3 Å². The molecule has 1 aromatic heterocycles. The molecule has 0 bridgehead atoms. The van der Waals surface area contributed by atoms with E-state index in [-0.39, 0.29) is 33.8 Å². The van der Waals surface area contributed by atoms with Crippen LogP contribution in [0.1, 0.15) is 141 Å². The maximum absolute atomic E-state index is 7.63. The summed E-state index contributed by atoms with van der Waals surface area (Å²) in [6.07, 6.45) is 4.63. The Bertz CT molecular complexity index is 3060. The van der Waals surface area contributed by atoms with E-state index >= 15 is 0 Å². The highest BCUT2D eigenvalue weighted by molar-refractivity contribution is 7.00. The van der Waals surface area contributed by atoms with Crippen LogP contribution >= 0.6 is 0 Å². The van der Waals surface area contributed by atoms with Gasteiger partial charge in [0.2, 0.25) is 0 Å². The number of fused-ring (bicyclic) bond motifs is 8.